The number of hydrogen-bond donors (Lipinski definition) is 1. The lowest BCUT2D eigenvalue weighted by Crippen LogP contribution is -2.57. The zero-order valence-corrected chi connectivity index (χ0v) is 11.5. The standard InChI is InChI=1S/C14H18F2N2O2/c1-9-7-17-8-10(2)18(9)13(19)11-4-3-5-12(6-11)20-14(15)16/h3-6,9-10,14,17H,7-8H2,1-2H3. The van der Waals surface area contributed by atoms with Crippen LogP contribution in [0.5, 0.6) is 5.75 Å². The van der Waals surface area contributed by atoms with Crippen molar-refractivity contribution in [1.82, 2.24) is 10.2 Å². The molecule has 2 atom stereocenters. The van der Waals surface area contributed by atoms with Gasteiger partial charge in [-0.2, -0.15) is 8.78 Å². The Bertz CT molecular complexity index is 472. The first-order valence-corrected chi connectivity index (χ1v) is 6.57. The second-order valence-corrected chi connectivity index (χ2v) is 4.98. The summed E-state index contributed by atoms with van der Waals surface area (Å²) in [6.45, 7) is 2.48. The fourth-order valence-corrected chi connectivity index (χ4v) is 2.49. The molecule has 110 valence electrons. The van der Waals surface area contributed by atoms with Crippen molar-refractivity contribution in [2.24, 2.45) is 0 Å². The molecule has 4 nitrogen and oxygen atoms in total. The van der Waals surface area contributed by atoms with Crippen molar-refractivity contribution in [3.63, 3.8) is 0 Å². The van der Waals surface area contributed by atoms with Crippen molar-refractivity contribution < 1.29 is 18.3 Å². The lowest BCUT2D eigenvalue weighted by Gasteiger charge is -2.39. The smallest absolute Gasteiger partial charge is 0.387 e. The van der Waals surface area contributed by atoms with Gasteiger partial charge in [0.05, 0.1) is 0 Å². The van der Waals surface area contributed by atoms with Crippen LogP contribution >= 0.6 is 0 Å². The number of halogens is 2. The molecule has 1 aliphatic rings. The number of rotatable bonds is 3. The highest BCUT2D eigenvalue weighted by atomic mass is 19.3. The topological polar surface area (TPSA) is 41.6 Å². The summed E-state index contributed by atoms with van der Waals surface area (Å²) in [4.78, 5) is 14.3. The van der Waals surface area contributed by atoms with Crippen LogP contribution in [0.15, 0.2) is 24.3 Å². The first kappa shape index (κ1) is 14.7. The Hall–Kier alpha value is -1.69. The first-order valence-electron chi connectivity index (χ1n) is 6.57. The summed E-state index contributed by atoms with van der Waals surface area (Å²) in [5.74, 6) is -0.160. The molecular weight excluding hydrogens is 266 g/mol. The molecule has 1 aliphatic heterocycles. The van der Waals surface area contributed by atoms with E-state index < -0.39 is 6.61 Å². The van der Waals surface area contributed by atoms with E-state index in [1.54, 1.807) is 17.0 Å². The van der Waals surface area contributed by atoms with Crippen LogP contribution < -0.4 is 10.1 Å². The van der Waals surface area contributed by atoms with Crippen molar-refractivity contribution >= 4 is 5.91 Å². The number of amides is 1. The van der Waals surface area contributed by atoms with E-state index in [0.29, 0.717) is 5.56 Å². The first-order chi connectivity index (χ1) is 9.49. The molecule has 2 unspecified atom stereocenters. The molecule has 1 amide bonds. The van der Waals surface area contributed by atoms with Gasteiger partial charge in [-0.25, -0.2) is 0 Å². The molecule has 6 heteroatoms. The van der Waals surface area contributed by atoms with Crippen LogP contribution in [0.2, 0.25) is 0 Å². The van der Waals surface area contributed by atoms with E-state index in [4.69, 9.17) is 0 Å². The van der Waals surface area contributed by atoms with Gasteiger partial charge in [-0.1, -0.05) is 6.07 Å². The van der Waals surface area contributed by atoms with E-state index >= 15 is 0 Å². The molecule has 0 bridgehead atoms. The fourth-order valence-electron chi connectivity index (χ4n) is 2.49. The highest BCUT2D eigenvalue weighted by molar-refractivity contribution is 5.95. The highest BCUT2D eigenvalue weighted by Crippen LogP contribution is 2.20. The van der Waals surface area contributed by atoms with Gasteiger partial charge < -0.3 is 15.0 Å². The number of carbonyl (C=O) groups excluding carboxylic acids is 1. The minimum Gasteiger partial charge on any atom is -0.435 e. The summed E-state index contributed by atoms with van der Waals surface area (Å²) in [6.07, 6.45) is 0. The monoisotopic (exact) mass is 284 g/mol. The van der Waals surface area contributed by atoms with E-state index in [2.05, 4.69) is 10.1 Å². The van der Waals surface area contributed by atoms with Gasteiger partial charge in [-0.15, -0.1) is 0 Å². The van der Waals surface area contributed by atoms with Crippen molar-refractivity contribution in [3.8, 4) is 5.75 Å². The number of piperazine rings is 1. The molecule has 1 fully saturated rings. The molecule has 0 saturated carbocycles. The zero-order chi connectivity index (χ0) is 14.7. The van der Waals surface area contributed by atoms with Gasteiger partial charge >= 0.3 is 6.61 Å². The SMILES string of the molecule is CC1CNCC(C)N1C(=O)c1cccc(OC(F)F)c1. The minimum absolute atomic E-state index is 0.00119. The Kier molecular flexibility index (Phi) is 4.54. The number of alkyl halides is 2. The van der Waals surface area contributed by atoms with Crippen LogP contribution in [0.25, 0.3) is 0 Å². The molecule has 1 aromatic carbocycles. The predicted octanol–water partition coefficient (Wildman–Crippen LogP) is 2.11. The van der Waals surface area contributed by atoms with Crippen molar-refractivity contribution in [2.45, 2.75) is 32.5 Å². The largest absolute Gasteiger partial charge is 0.435 e. The maximum Gasteiger partial charge on any atom is 0.387 e. The Morgan fingerprint density at radius 1 is 1.35 bits per heavy atom. The second-order valence-electron chi connectivity index (χ2n) is 4.98. The summed E-state index contributed by atoms with van der Waals surface area (Å²) < 4.78 is 28.7. The van der Waals surface area contributed by atoms with Gasteiger partial charge in [0.15, 0.2) is 0 Å². The lowest BCUT2D eigenvalue weighted by atomic mass is 10.1. The number of nitrogens with one attached hydrogen (secondary N) is 1. The van der Waals surface area contributed by atoms with Crippen molar-refractivity contribution in [1.29, 1.82) is 0 Å². The number of ether oxygens (including phenoxy) is 1. The maximum atomic E-state index is 12.5. The molecule has 0 aromatic heterocycles. The van der Waals surface area contributed by atoms with Crippen molar-refractivity contribution in [2.75, 3.05) is 13.1 Å². The van der Waals surface area contributed by atoms with Crippen LogP contribution in [0, 0.1) is 0 Å². The molecule has 1 N–H and O–H groups in total. The Morgan fingerprint density at radius 3 is 2.60 bits per heavy atom. The van der Waals surface area contributed by atoms with Crippen molar-refractivity contribution in [3.05, 3.63) is 29.8 Å². The molecule has 0 aliphatic carbocycles. The van der Waals surface area contributed by atoms with Crippen LogP contribution in [0.4, 0.5) is 8.78 Å². The normalized spacial score (nSPS) is 22.9. The van der Waals surface area contributed by atoms with Gasteiger partial charge in [0.2, 0.25) is 0 Å². The second kappa shape index (κ2) is 6.17. The maximum absolute atomic E-state index is 12.5. The Labute approximate surface area is 116 Å². The van der Waals surface area contributed by atoms with Gasteiger partial charge in [-0.05, 0) is 32.0 Å². The average molecular weight is 284 g/mol. The summed E-state index contributed by atoms with van der Waals surface area (Å²) in [5, 5.41) is 3.24. The van der Waals surface area contributed by atoms with Crippen LogP contribution in [0.1, 0.15) is 24.2 Å². The number of nitrogens with zero attached hydrogens (tertiary/aromatic N) is 1. The molecule has 0 radical (unpaired) electrons. The van der Waals surface area contributed by atoms with E-state index in [9.17, 15) is 13.6 Å². The number of carbonyl (C=O) groups is 1. The van der Waals surface area contributed by atoms with Gasteiger partial charge in [0.1, 0.15) is 5.75 Å². The van der Waals surface area contributed by atoms with Crippen LogP contribution in [-0.4, -0.2) is 42.6 Å². The molecule has 1 aromatic rings. The predicted molar refractivity (Wildman–Crippen MR) is 71.0 cm³/mol. The third-order valence-corrected chi connectivity index (χ3v) is 3.37. The van der Waals surface area contributed by atoms with E-state index in [1.807, 2.05) is 13.8 Å². The summed E-state index contributed by atoms with van der Waals surface area (Å²) in [6, 6.07) is 6.05. The summed E-state index contributed by atoms with van der Waals surface area (Å²) in [7, 11) is 0. The van der Waals surface area contributed by atoms with Crippen LogP contribution in [0.3, 0.4) is 0 Å². The fraction of sp³-hybridized carbons (Fsp3) is 0.500. The minimum atomic E-state index is -2.89. The van der Waals surface area contributed by atoms with Crippen LogP contribution in [-0.2, 0) is 0 Å². The number of benzene rings is 1. The molecule has 20 heavy (non-hydrogen) atoms. The average Bonchev–Trinajstić information content (AvgIpc) is 2.38. The van der Waals surface area contributed by atoms with Gasteiger partial charge in [0.25, 0.3) is 5.91 Å². The van der Waals surface area contributed by atoms with E-state index in [0.717, 1.165) is 13.1 Å². The molecule has 2 rings (SSSR count). The summed E-state index contributed by atoms with van der Waals surface area (Å²) in [5.41, 5.74) is 0.365. The third-order valence-electron chi connectivity index (χ3n) is 3.37. The number of hydrogen-bond acceptors (Lipinski definition) is 3. The highest BCUT2D eigenvalue weighted by Gasteiger charge is 2.29. The van der Waals surface area contributed by atoms with Gasteiger partial charge in [0, 0.05) is 30.7 Å². The molecule has 1 saturated heterocycles. The van der Waals surface area contributed by atoms with E-state index in [1.165, 1.54) is 12.1 Å². The Morgan fingerprint density at radius 2 is 2.00 bits per heavy atom. The third kappa shape index (κ3) is 3.25. The zero-order valence-electron chi connectivity index (χ0n) is 11.5. The van der Waals surface area contributed by atoms with E-state index in [-0.39, 0.29) is 23.7 Å². The lowest BCUT2D eigenvalue weighted by molar-refractivity contribution is -0.0499. The molecule has 0 spiro atoms. The molecular formula is C14H18F2N2O2. The molecule has 1 heterocycles. The summed E-state index contributed by atoms with van der Waals surface area (Å²) >= 11 is 0. The Balaban J connectivity index is 2.19. The quantitative estimate of drug-likeness (QED) is 0.924. The van der Waals surface area contributed by atoms with Gasteiger partial charge in [-0.3, -0.25) is 4.79 Å².